The van der Waals surface area contributed by atoms with Crippen molar-refractivity contribution < 1.29 is 14.7 Å². The normalized spacial score (nSPS) is 10.7. The molecule has 0 radical (unpaired) electrons. The van der Waals surface area contributed by atoms with E-state index < -0.39 is 5.97 Å². The summed E-state index contributed by atoms with van der Waals surface area (Å²) < 4.78 is 0. The molecule has 0 unspecified atom stereocenters. The van der Waals surface area contributed by atoms with Crippen LogP contribution in [0.2, 0.25) is 0 Å². The fourth-order valence-electron chi connectivity index (χ4n) is 3.28. The van der Waals surface area contributed by atoms with Gasteiger partial charge in [-0.1, -0.05) is 54.6 Å². The number of aromatic carboxylic acids is 1. The zero-order chi connectivity index (χ0) is 20.9. The van der Waals surface area contributed by atoms with Gasteiger partial charge in [-0.25, -0.2) is 4.79 Å². The van der Waals surface area contributed by atoms with Crippen molar-refractivity contribution in [2.45, 2.75) is 10.6 Å². The lowest BCUT2D eigenvalue weighted by Gasteiger charge is -2.11. The van der Waals surface area contributed by atoms with Gasteiger partial charge in [-0.05, 0) is 47.3 Å². The molecule has 0 spiro atoms. The Morgan fingerprint density at radius 1 is 0.767 bits per heavy atom. The number of carboxylic acids is 1. The Kier molecular flexibility index (Phi) is 5.82. The lowest BCUT2D eigenvalue weighted by molar-refractivity contribution is 0.0699. The molecule has 0 aliphatic rings. The predicted molar refractivity (Wildman–Crippen MR) is 121 cm³/mol. The molecule has 0 aromatic heterocycles. The van der Waals surface area contributed by atoms with E-state index in [2.05, 4.69) is 17.4 Å². The van der Waals surface area contributed by atoms with Crippen LogP contribution in [-0.4, -0.2) is 17.0 Å². The van der Waals surface area contributed by atoms with Crippen molar-refractivity contribution in [2.24, 2.45) is 0 Å². The minimum Gasteiger partial charge on any atom is -0.478 e. The quantitative estimate of drug-likeness (QED) is 0.376. The number of hydrogen-bond acceptors (Lipinski definition) is 3. The molecular weight excluding hydrogens is 394 g/mol. The molecule has 148 valence electrons. The maximum Gasteiger partial charge on any atom is 0.336 e. The van der Waals surface area contributed by atoms with Crippen LogP contribution < -0.4 is 5.32 Å². The monoisotopic (exact) mass is 413 g/mol. The van der Waals surface area contributed by atoms with Crippen molar-refractivity contribution in [3.05, 3.63) is 108 Å². The molecule has 0 saturated heterocycles. The summed E-state index contributed by atoms with van der Waals surface area (Å²) in [6.45, 7) is 0. The lowest BCUT2D eigenvalue weighted by Crippen LogP contribution is -2.13. The van der Waals surface area contributed by atoms with Crippen molar-refractivity contribution in [2.75, 3.05) is 5.32 Å². The molecule has 4 rings (SSSR count). The summed E-state index contributed by atoms with van der Waals surface area (Å²) in [4.78, 5) is 25.6. The Bertz CT molecular complexity index is 1200. The number of amides is 1. The minimum absolute atomic E-state index is 0.117. The third-order valence-corrected chi connectivity index (χ3v) is 5.82. The summed E-state index contributed by atoms with van der Waals surface area (Å²) >= 11 is 1.73. The van der Waals surface area contributed by atoms with Gasteiger partial charge in [0.05, 0.1) is 5.56 Å². The van der Waals surface area contributed by atoms with Crippen LogP contribution in [-0.2, 0) is 5.75 Å². The van der Waals surface area contributed by atoms with Crippen LogP contribution in [0.5, 0.6) is 0 Å². The number of thioether (sulfide) groups is 1. The van der Waals surface area contributed by atoms with E-state index in [9.17, 15) is 14.7 Å². The molecule has 0 aliphatic carbocycles. The van der Waals surface area contributed by atoms with Gasteiger partial charge in [0.2, 0.25) is 0 Å². The van der Waals surface area contributed by atoms with E-state index in [0.717, 1.165) is 16.0 Å². The first kappa shape index (κ1) is 19.7. The molecular formula is C25H19NO3S. The number of anilines is 1. The van der Waals surface area contributed by atoms with E-state index >= 15 is 0 Å². The Labute approximate surface area is 178 Å². The third kappa shape index (κ3) is 4.36. The maximum absolute atomic E-state index is 12.9. The minimum atomic E-state index is -1.05. The molecule has 1 amide bonds. The van der Waals surface area contributed by atoms with E-state index in [1.165, 1.54) is 11.6 Å². The number of fused-ring (bicyclic) bond motifs is 1. The molecule has 30 heavy (non-hydrogen) atoms. The summed E-state index contributed by atoms with van der Waals surface area (Å²) in [6, 6.07) is 28.1. The summed E-state index contributed by atoms with van der Waals surface area (Å²) in [5, 5.41) is 13.5. The first-order valence-electron chi connectivity index (χ1n) is 9.45. The van der Waals surface area contributed by atoms with E-state index in [4.69, 9.17) is 0 Å². The van der Waals surface area contributed by atoms with Crippen LogP contribution in [0.3, 0.4) is 0 Å². The highest BCUT2D eigenvalue weighted by molar-refractivity contribution is 7.98. The van der Waals surface area contributed by atoms with Crippen LogP contribution in [0.25, 0.3) is 10.8 Å². The average Bonchev–Trinajstić information content (AvgIpc) is 2.78. The molecule has 0 aliphatic heterocycles. The fourth-order valence-corrected chi connectivity index (χ4v) is 4.14. The van der Waals surface area contributed by atoms with Gasteiger partial charge in [-0.2, -0.15) is 0 Å². The second-order valence-electron chi connectivity index (χ2n) is 6.77. The van der Waals surface area contributed by atoms with Crippen molar-refractivity contribution in [3.8, 4) is 0 Å². The van der Waals surface area contributed by atoms with Gasteiger partial charge < -0.3 is 10.4 Å². The van der Waals surface area contributed by atoms with Crippen LogP contribution in [0.15, 0.2) is 95.9 Å². The zero-order valence-electron chi connectivity index (χ0n) is 16.0. The van der Waals surface area contributed by atoms with Crippen molar-refractivity contribution >= 4 is 40.1 Å². The van der Waals surface area contributed by atoms with Gasteiger partial charge in [0.25, 0.3) is 5.91 Å². The number of rotatable bonds is 6. The number of carbonyl (C=O) groups is 2. The van der Waals surface area contributed by atoms with Crippen LogP contribution in [0.1, 0.15) is 26.3 Å². The molecule has 0 fully saturated rings. The number of carbonyl (C=O) groups excluding carboxylic acids is 1. The highest BCUT2D eigenvalue weighted by Gasteiger charge is 2.16. The van der Waals surface area contributed by atoms with Crippen LogP contribution >= 0.6 is 11.8 Å². The largest absolute Gasteiger partial charge is 0.478 e. The van der Waals surface area contributed by atoms with E-state index in [1.807, 2.05) is 42.5 Å². The average molecular weight is 413 g/mol. The Balaban J connectivity index is 1.51. The molecule has 4 aromatic rings. The highest BCUT2D eigenvalue weighted by atomic mass is 32.2. The Hall–Kier alpha value is -3.57. The van der Waals surface area contributed by atoms with E-state index in [1.54, 1.807) is 42.1 Å². The van der Waals surface area contributed by atoms with Crippen molar-refractivity contribution in [3.63, 3.8) is 0 Å². The summed E-state index contributed by atoms with van der Waals surface area (Å²) in [7, 11) is 0. The summed E-state index contributed by atoms with van der Waals surface area (Å²) in [5.41, 5.74) is 2.37. The summed E-state index contributed by atoms with van der Waals surface area (Å²) in [5.74, 6) is -0.514. The SMILES string of the molecule is O=C(O)c1cccc2cccc(C(=O)Nc3ccc(SCc4ccccc4)cc3)c12. The second-order valence-corrected chi connectivity index (χ2v) is 7.82. The Morgan fingerprint density at radius 3 is 2.10 bits per heavy atom. The molecule has 4 nitrogen and oxygen atoms in total. The topological polar surface area (TPSA) is 66.4 Å². The van der Waals surface area contributed by atoms with E-state index in [0.29, 0.717) is 16.6 Å². The Morgan fingerprint density at radius 2 is 1.43 bits per heavy atom. The first-order valence-corrected chi connectivity index (χ1v) is 10.4. The lowest BCUT2D eigenvalue weighted by atomic mass is 9.98. The molecule has 0 heterocycles. The van der Waals surface area contributed by atoms with Gasteiger partial charge in [0.15, 0.2) is 0 Å². The fraction of sp³-hybridized carbons (Fsp3) is 0.0400. The summed E-state index contributed by atoms with van der Waals surface area (Å²) in [6.07, 6.45) is 0. The molecule has 0 bridgehead atoms. The maximum atomic E-state index is 12.9. The third-order valence-electron chi connectivity index (χ3n) is 4.74. The van der Waals surface area contributed by atoms with Gasteiger partial charge in [0, 0.05) is 27.3 Å². The molecule has 4 aromatic carbocycles. The van der Waals surface area contributed by atoms with Crippen LogP contribution in [0.4, 0.5) is 5.69 Å². The molecule has 5 heteroatoms. The van der Waals surface area contributed by atoms with Gasteiger partial charge in [-0.3, -0.25) is 4.79 Å². The number of hydrogen-bond donors (Lipinski definition) is 2. The molecule has 0 atom stereocenters. The number of carboxylic acid groups (broad SMARTS) is 1. The second kappa shape index (κ2) is 8.84. The van der Waals surface area contributed by atoms with Crippen molar-refractivity contribution in [1.82, 2.24) is 0 Å². The zero-order valence-corrected chi connectivity index (χ0v) is 16.9. The van der Waals surface area contributed by atoms with Gasteiger partial charge >= 0.3 is 5.97 Å². The predicted octanol–water partition coefficient (Wildman–Crippen LogP) is 6.08. The van der Waals surface area contributed by atoms with Gasteiger partial charge in [0.1, 0.15) is 0 Å². The molecule has 2 N–H and O–H groups in total. The standard InChI is InChI=1S/C25H19NO3S/c27-24(21-10-4-8-18-9-5-11-22(23(18)21)25(28)29)26-19-12-14-20(15-13-19)30-16-17-6-2-1-3-7-17/h1-15H,16H2,(H,26,27)(H,28,29). The smallest absolute Gasteiger partial charge is 0.336 e. The highest BCUT2D eigenvalue weighted by Crippen LogP contribution is 2.26. The number of nitrogens with one attached hydrogen (secondary N) is 1. The van der Waals surface area contributed by atoms with Crippen molar-refractivity contribution in [1.29, 1.82) is 0 Å². The van der Waals surface area contributed by atoms with E-state index in [-0.39, 0.29) is 11.5 Å². The first-order chi connectivity index (χ1) is 14.6. The van der Waals surface area contributed by atoms with Gasteiger partial charge in [-0.15, -0.1) is 11.8 Å². The number of benzene rings is 4. The van der Waals surface area contributed by atoms with Crippen LogP contribution in [0, 0.1) is 0 Å². The molecule has 0 saturated carbocycles.